The molecule has 114 valence electrons. The van der Waals surface area contributed by atoms with Gasteiger partial charge in [-0.05, 0) is 42.5 Å². The van der Waals surface area contributed by atoms with Gasteiger partial charge in [0.25, 0.3) is 0 Å². The normalized spacial score (nSPS) is 10.1. The summed E-state index contributed by atoms with van der Waals surface area (Å²) in [6.45, 7) is 1.44. The second-order valence-electron chi connectivity index (χ2n) is 4.59. The van der Waals surface area contributed by atoms with Crippen LogP contribution in [0.2, 0.25) is 0 Å². The summed E-state index contributed by atoms with van der Waals surface area (Å²) in [5.41, 5.74) is 6.77. The number of hydrogen-bond donors (Lipinski definition) is 3. The van der Waals surface area contributed by atoms with Gasteiger partial charge in [0, 0.05) is 28.1 Å². The Kier molecular flexibility index (Phi) is 5.57. The zero-order valence-electron chi connectivity index (χ0n) is 12.1. The van der Waals surface area contributed by atoms with Crippen LogP contribution >= 0.6 is 11.8 Å². The van der Waals surface area contributed by atoms with Crippen molar-refractivity contribution in [3.8, 4) is 0 Å². The molecule has 0 aliphatic rings. The molecule has 0 saturated heterocycles. The fourth-order valence-electron chi connectivity index (χ4n) is 1.80. The average molecular weight is 315 g/mol. The number of nitrogens with one attached hydrogen (secondary N) is 2. The predicted molar refractivity (Wildman–Crippen MR) is 89.0 cm³/mol. The Labute approximate surface area is 133 Å². The topological polar surface area (TPSA) is 84.2 Å². The van der Waals surface area contributed by atoms with E-state index in [4.69, 9.17) is 5.73 Å². The molecule has 0 heterocycles. The second kappa shape index (κ2) is 7.63. The molecule has 0 fully saturated rings. The summed E-state index contributed by atoms with van der Waals surface area (Å²) < 4.78 is 0. The van der Waals surface area contributed by atoms with Crippen LogP contribution in [0.5, 0.6) is 0 Å². The fraction of sp³-hybridized carbons (Fsp3) is 0.125. The minimum Gasteiger partial charge on any atom is -0.326 e. The molecule has 0 aromatic heterocycles. The molecule has 2 rings (SSSR count). The summed E-state index contributed by atoms with van der Waals surface area (Å²) >= 11 is 1.57. The van der Waals surface area contributed by atoms with Gasteiger partial charge in [-0.25, -0.2) is 0 Å². The SMILES string of the molecule is CC(=O)Nc1ccc(Sc2cccc(NC(=O)CN)c2)cc1. The lowest BCUT2D eigenvalue weighted by Gasteiger charge is -2.07. The number of benzene rings is 2. The molecule has 2 aromatic carbocycles. The van der Waals surface area contributed by atoms with E-state index >= 15 is 0 Å². The third-order valence-corrected chi connectivity index (χ3v) is 3.71. The smallest absolute Gasteiger partial charge is 0.238 e. The van der Waals surface area contributed by atoms with E-state index in [1.807, 2.05) is 48.5 Å². The van der Waals surface area contributed by atoms with Crippen LogP contribution in [-0.2, 0) is 9.59 Å². The molecule has 0 saturated carbocycles. The van der Waals surface area contributed by atoms with Gasteiger partial charge >= 0.3 is 0 Å². The molecule has 0 spiro atoms. The lowest BCUT2D eigenvalue weighted by Crippen LogP contribution is -2.21. The molecule has 0 aliphatic carbocycles. The van der Waals surface area contributed by atoms with Crippen molar-refractivity contribution < 1.29 is 9.59 Å². The molecule has 22 heavy (non-hydrogen) atoms. The minimum atomic E-state index is -0.221. The standard InChI is InChI=1S/C16H17N3O2S/c1-11(20)18-12-5-7-14(8-6-12)22-15-4-2-3-13(9-15)19-16(21)10-17/h2-9H,10,17H2,1H3,(H,18,20)(H,19,21). The van der Waals surface area contributed by atoms with Crippen LogP contribution in [0.15, 0.2) is 58.3 Å². The molecule has 4 N–H and O–H groups in total. The lowest BCUT2D eigenvalue weighted by atomic mass is 10.3. The predicted octanol–water partition coefficient (Wildman–Crippen LogP) is 2.69. The Morgan fingerprint density at radius 2 is 1.73 bits per heavy atom. The highest BCUT2D eigenvalue weighted by Crippen LogP contribution is 2.30. The van der Waals surface area contributed by atoms with Crippen molar-refractivity contribution in [2.75, 3.05) is 17.2 Å². The fourth-order valence-corrected chi connectivity index (χ4v) is 2.67. The molecule has 0 bridgehead atoms. The van der Waals surface area contributed by atoms with Crippen LogP contribution in [-0.4, -0.2) is 18.4 Å². The monoisotopic (exact) mass is 315 g/mol. The Morgan fingerprint density at radius 1 is 1.00 bits per heavy atom. The van der Waals surface area contributed by atoms with Crippen molar-refractivity contribution in [3.05, 3.63) is 48.5 Å². The van der Waals surface area contributed by atoms with Crippen LogP contribution in [0.25, 0.3) is 0 Å². The molecule has 5 nitrogen and oxygen atoms in total. The van der Waals surface area contributed by atoms with Gasteiger partial charge in [0.05, 0.1) is 6.54 Å². The molecule has 0 aliphatic heterocycles. The van der Waals surface area contributed by atoms with Gasteiger partial charge in [-0.15, -0.1) is 0 Å². The van der Waals surface area contributed by atoms with E-state index in [1.165, 1.54) is 6.92 Å². The van der Waals surface area contributed by atoms with E-state index in [2.05, 4.69) is 10.6 Å². The molecular formula is C16H17N3O2S. The first-order valence-electron chi connectivity index (χ1n) is 6.72. The zero-order chi connectivity index (χ0) is 15.9. The zero-order valence-corrected chi connectivity index (χ0v) is 12.9. The molecule has 2 amide bonds. The first-order chi connectivity index (χ1) is 10.6. The van der Waals surface area contributed by atoms with Gasteiger partial charge in [0.2, 0.25) is 11.8 Å². The first kappa shape index (κ1) is 16.1. The van der Waals surface area contributed by atoms with Gasteiger partial charge < -0.3 is 16.4 Å². The van der Waals surface area contributed by atoms with Crippen LogP contribution in [0, 0.1) is 0 Å². The number of carbonyl (C=O) groups excluding carboxylic acids is 2. The Morgan fingerprint density at radius 3 is 2.36 bits per heavy atom. The maximum atomic E-state index is 11.3. The van der Waals surface area contributed by atoms with E-state index in [1.54, 1.807) is 11.8 Å². The third kappa shape index (κ3) is 4.91. The van der Waals surface area contributed by atoms with Gasteiger partial charge in [-0.2, -0.15) is 0 Å². The van der Waals surface area contributed by atoms with E-state index in [0.717, 1.165) is 21.2 Å². The lowest BCUT2D eigenvalue weighted by molar-refractivity contribution is -0.115. The van der Waals surface area contributed by atoms with E-state index in [9.17, 15) is 9.59 Å². The molecule has 0 radical (unpaired) electrons. The van der Waals surface area contributed by atoms with E-state index in [-0.39, 0.29) is 18.4 Å². The number of nitrogens with two attached hydrogens (primary N) is 1. The van der Waals surface area contributed by atoms with Crippen molar-refractivity contribution in [2.24, 2.45) is 5.73 Å². The summed E-state index contributed by atoms with van der Waals surface area (Å²) in [5, 5.41) is 5.45. The second-order valence-corrected chi connectivity index (χ2v) is 5.73. The van der Waals surface area contributed by atoms with Gasteiger partial charge in [0.15, 0.2) is 0 Å². The van der Waals surface area contributed by atoms with Crippen molar-refractivity contribution >= 4 is 35.0 Å². The van der Waals surface area contributed by atoms with E-state index in [0.29, 0.717) is 0 Å². The van der Waals surface area contributed by atoms with Gasteiger partial charge in [0.1, 0.15) is 0 Å². The molecule has 0 atom stereocenters. The molecule has 2 aromatic rings. The average Bonchev–Trinajstić information content (AvgIpc) is 2.49. The molecular weight excluding hydrogens is 298 g/mol. The number of rotatable bonds is 5. The maximum Gasteiger partial charge on any atom is 0.238 e. The molecule has 0 unspecified atom stereocenters. The minimum absolute atomic E-state index is 0.0397. The van der Waals surface area contributed by atoms with Crippen molar-refractivity contribution in [1.82, 2.24) is 0 Å². The summed E-state index contributed by atoms with van der Waals surface area (Å²) in [5.74, 6) is -0.314. The quantitative estimate of drug-likeness (QED) is 0.792. The Hall–Kier alpha value is -2.31. The highest BCUT2D eigenvalue weighted by Gasteiger charge is 2.03. The summed E-state index contributed by atoms with van der Waals surface area (Å²) in [6.07, 6.45) is 0. The number of anilines is 2. The molecule has 6 heteroatoms. The highest BCUT2D eigenvalue weighted by atomic mass is 32.2. The first-order valence-corrected chi connectivity index (χ1v) is 7.54. The van der Waals surface area contributed by atoms with Crippen molar-refractivity contribution in [1.29, 1.82) is 0 Å². The van der Waals surface area contributed by atoms with Gasteiger partial charge in [-0.1, -0.05) is 17.8 Å². The summed E-state index contributed by atoms with van der Waals surface area (Å²) in [4.78, 5) is 24.3. The summed E-state index contributed by atoms with van der Waals surface area (Å²) in [6, 6.07) is 15.1. The highest BCUT2D eigenvalue weighted by molar-refractivity contribution is 7.99. The Bertz CT molecular complexity index is 671. The summed E-state index contributed by atoms with van der Waals surface area (Å²) in [7, 11) is 0. The number of hydrogen-bond acceptors (Lipinski definition) is 4. The van der Waals surface area contributed by atoms with Crippen LogP contribution in [0.3, 0.4) is 0 Å². The third-order valence-electron chi connectivity index (χ3n) is 2.71. The van der Waals surface area contributed by atoms with Crippen molar-refractivity contribution in [2.45, 2.75) is 16.7 Å². The van der Waals surface area contributed by atoms with Crippen LogP contribution < -0.4 is 16.4 Å². The van der Waals surface area contributed by atoms with Crippen molar-refractivity contribution in [3.63, 3.8) is 0 Å². The van der Waals surface area contributed by atoms with Crippen LogP contribution in [0.4, 0.5) is 11.4 Å². The van der Waals surface area contributed by atoms with Gasteiger partial charge in [-0.3, -0.25) is 9.59 Å². The maximum absolute atomic E-state index is 11.3. The number of carbonyl (C=O) groups is 2. The number of amides is 2. The van der Waals surface area contributed by atoms with Crippen LogP contribution in [0.1, 0.15) is 6.92 Å². The van der Waals surface area contributed by atoms with E-state index < -0.39 is 0 Å². The Balaban J connectivity index is 2.05. The largest absolute Gasteiger partial charge is 0.326 e.